The second kappa shape index (κ2) is 5.22. The Bertz CT molecular complexity index is 788. The molecule has 2 aromatic carbocycles. The predicted molar refractivity (Wildman–Crippen MR) is 80.8 cm³/mol. The number of rotatable bonds is 3. The van der Waals surface area contributed by atoms with E-state index in [0.717, 1.165) is 11.0 Å². The highest BCUT2D eigenvalue weighted by Gasteiger charge is 2.14. The van der Waals surface area contributed by atoms with E-state index in [9.17, 15) is 4.39 Å². The summed E-state index contributed by atoms with van der Waals surface area (Å²) >= 11 is 0. The minimum Gasteiger partial charge on any atom is -0.486 e. The van der Waals surface area contributed by atoms with Gasteiger partial charge in [0.15, 0.2) is 11.5 Å². The molecule has 0 saturated carbocycles. The third-order valence-corrected chi connectivity index (χ3v) is 3.55. The van der Waals surface area contributed by atoms with Crippen molar-refractivity contribution in [3.05, 3.63) is 47.8 Å². The molecule has 0 atom stereocenters. The standard InChI is InChI=1S/C16H14FN3O2/c17-11-4-2-1-3-10(11)9-18-16-19-12-7-14-15(8-13(12)20-16)22-6-5-21-14/h1-4,7-8H,5-6,9H2,(H2,18,19,20). The van der Waals surface area contributed by atoms with Crippen LogP contribution in [0.3, 0.4) is 0 Å². The number of fused-ring (bicyclic) bond motifs is 2. The lowest BCUT2D eigenvalue weighted by atomic mass is 10.2. The highest BCUT2D eigenvalue weighted by molar-refractivity contribution is 5.81. The lowest BCUT2D eigenvalue weighted by Gasteiger charge is -2.17. The smallest absolute Gasteiger partial charge is 0.201 e. The van der Waals surface area contributed by atoms with Gasteiger partial charge < -0.3 is 19.8 Å². The predicted octanol–water partition coefficient (Wildman–Crippen LogP) is 3.09. The van der Waals surface area contributed by atoms with Gasteiger partial charge in [-0.25, -0.2) is 9.37 Å². The Morgan fingerprint density at radius 3 is 2.73 bits per heavy atom. The molecule has 22 heavy (non-hydrogen) atoms. The second-order valence-electron chi connectivity index (χ2n) is 5.04. The van der Waals surface area contributed by atoms with Gasteiger partial charge in [0.25, 0.3) is 0 Å². The van der Waals surface area contributed by atoms with Crippen LogP contribution in [0.15, 0.2) is 36.4 Å². The average molecular weight is 299 g/mol. The Kier molecular flexibility index (Phi) is 3.07. The first-order valence-electron chi connectivity index (χ1n) is 7.06. The number of nitrogens with zero attached hydrogens (tertiary/aromatic N) is 1. The van der Waals surface area contributed by atoms with E-state index in [-0.39, 0.29) is 5.82 Å². The van der Waals surface area contributed by atoms with Crippen molar-refractivity contribution >= 4 is 17.0 Å². The highest BCUT2D eigenvalue weighted by atomic mass is 19.1. The molecule has 4 rings (SSSR count). The Morgan fingerprint density at radius 2 is 1.91 bits per heavy atom. The van der Waals surface area contributed by atoms with Gasteiger partial charge in [-0.3, -0.25) is 0 Å². The fourth-order valence-corrected chi connectivity index (χ4v) is 2.45. The fraction of sp³-hybridized carbons (Fsp3) is 0.188. The third kappa shape index (κ3) is 2.32. The first-order chi connectivity index (χ1) is 10.8. The van der Waals surface area contributed by atoms with Crippen molar-refractivity contribution in [2.75, 3.05) is 18.5 Å². The first kappa shape index (κ1) is 12.9. The molecule has 1 aromatic heterocycles. The number of nitrogens with one attached hydrogen (secondary N) is 2. The number of H-pyrrole nitrogens is 1. The van der Waals surface area contributed by atoms with Gasteiger partial charge in [-0.2, -0.15) is 0 Å². The van der Waals surface area contributed by atoms with Gasteiger partial charge in [-0.05, 0) is 6.07 Å². The Labute approximate surface area is 126 Å². The molecule has 3 aromatic rings. The zero-order valence-electron chi connectivity index (χ0n) is 11.7. The summed E-state index contributed by atoms with van der Waals surface area (Å²) in [5, 5.41) is 3.09. The Hall–Kier alpha value is -2.76. The maximum atomic E-state index is 13.6. The number of aromatic amines is 1. The van der Waals surface area contributed by atoms with Crippen molar-refractivity contribution in [1.29, 1.82) is 0 Å². The molecule has 5 nitrogen and oxygen atoms in total. The molecule has 0 bridgehead atoms. The van der Waals surface area contributed by atoms with Gasteiger partial charge in [-0.15, -0.1) is 0 Å². The maximum absolute atomic E-state index is 13.6. The van der Waals surface area contributed by atoms with Crippen LogP contribution in [0, 0.1) is 5.82 Å². The summed E-state index contributed by atoms with van der Waals surface area (Å²) in [6, 6.07) is 10.4. The van der Waals surface area contributed by atoms with Crippen LogP contribution in [0.25, 0.3) is 11.0 Å². The van der Waals surface area contributed by atoms with Crippen LogP contribution in [0.5, 0.6) is 11.5 Å². The topological polar surface area (TPSA) is 59.2 Å². The number of anilines is 1. The van der Waals surface area contributed by atoms with Crippen molar-refractivity contribution in [2.24, 2.45) is 0 Å². The summed E-state index contributed by atoms with van der Waals surface area (Å²) in [4.78, 5) is 7.60. The average Bonchev–Trinajstić information content (AvgIpc) is 2.93. The van der Waals surface area contributed by atoms with Crippen LogP contribution >= 0.6 is 0 Å². The summed E-state index contributed by atoms with van der Waals surface area (Å²) in [5.74, 6) is 1.76. The first-order valence-corrected chi connectivity index (χ1v) is 7.06. The molecule has 1 aliphatic heterocycles. The molecule has 1 aliphatic rings. The van der Waals surface area contributed by atoms with E-state index in [2.05, 4.69) is 15.3 Å². The monoisotopic (exact) mass is 299 g/mol. The molecule has 2 N–H and O–H groups in total. The van der Waals surface area contributed by atoms with Crippen molar-refractivity contribution in [3.8, 4) is 11.5 Å². The van der Waals surface area contributed by atoms with E-state index in [4.69, 9.17) is 9.47 Å². The summed E-state index contributed by atoms with van der Waals surface area (Å²) in [6.07, 6.45) is 0. The number of halogens is 1. The largest absolute Gasteiger partial charge is 0.486 e. The van der Waals surface area contributed by atoms with Gasteiger partial charge in [0.1, 0.15) is 19.0 Å². The quantitative estimate of drug-likeness (QED) is 0.780. The summed E-state index contributed by atoms with van der Waals surface area (Å²) in [5.41, 5.74) is 2.22. The van der Waals surface area contributed by atoms with Crippen molar-refractivity contribution < 1.29 is 13.9 Å². The van der Waals surface area contributed by atoms with Gasteiger partial charge >= 0.3 is 0 Å². The molecular weight excluding hydrogens is 285 g/mol. The number of ether oxygens (including phenoxy) is 2. The van der Waals surface area contributed by atoms with Gasteiger partial charge in [0, 0.05) is 24.2 Å². The zero-order chi connectivity index (χ0) is 14.9. The van der Waals surface area contributed by atoms with Crippen LogP contribution in [-0.4, -0.2) is 23.2 Å². The molecule has 0 aliphatic carbocycles. The Morgan fingerprint density at radius 1 is 1.14 bits per heavy atom. The van der Waals surface area contributed by atoms with Crippen LogP contribution in [0.2, 0.25) is 0 Å². The molecule has 2 heterocycles. The highest BCUT2D eigenvalue weighted by Crippen LogP contribution is 2.34. The molecule has 0 fully saturated rings. The minimum absolute atomic E-state index is 0.233. The number of benzene rings is 2. The zero-order valence-corrected chi connectivity index (χ0v) is 11.7. The minimum atomic E-state index is -0.233. The molecule has 112 valence electrons. The number of hydrogen-bond donors (Lipinski definition) is 2. The van der Waals surface area contributed by atoms with E-state index in [1.54, 1.807) is 12.1 Å². The number of imidazole rings is 1. The SMILES string of the molecule is Fc1ccccc1CNc1nc2cc3c(cc2[nH]1)OCCO3. The Balaban J connectivity index is 1.59. The lowest BCUT2D eigenvalue weighted by Crippen LogP contribution is -2.15. The van der Waals surface area contributed by atoms with Crippen LogP contribution in [0.4, 0.5) is 10.3 Å². The van der Waals surface area contributed by atoms with E-state index >= 15 is 0 Å². The summed E-state index contributed by atoms with van der Waals surface area (Å²) < 4.78 is 24.7. The van der Waals surface area contributed by atoms with E-state index in [0.29, 0.717) is 42.8 Å². The summed E-state index contributed by atoms with van der Waals surface area (Å²) in [7, 11) is 0. The van der Waals surface area contributed by atoms with Crippen molar-refractivity contribution in [1.82, 2.24) is 9.97 Å². The number of aromatic nitrogens is 2. The van der Waals surface area contributed by atoms with Gasteiger partial charge in [-0.1, -0.05) is 18.2 Å². The van der Waals surface area contributed by atoms with Crippen molar-refractivity contribution in [3.63, 3.8) is 0 Å². The molecule has 6 heteroatoms. The second-order valence-corrected chi connectivity index (χ2v) is 5.04. The van der Waals surface area contributed by atoms with Crippen LogP contribution < -0.4 is 14.8 Å². The molecule has 0 radical (unpaired) electrons. The summed E-state index contributed by atoms with van der Waals surface area (Å²) in [6.45, 7) is 1.45. The molecule has 0 saturated heterocycles. The fourth-order valence-electron chi connectivity index (χ4n) is 2.45. The van der Waals surface area contributed by atoms with Crippen molar-refractivity contribution in [2.45, 2.75) is 6.54 Å². The maximum Gasteiger partial charge on any atom is 0.201 e. The third-order valence-electron chi connectivity index (χ3n) is 3.55. The lowest BCUT2D eigenvalue weighted by molar-refractivity contribution is 0.172. The van der Waals surface area contributed by atoms with Crippen LogP contribution in [-0.2, 0) is 6.54 Å². The van der Waals surface area contributed by atoms with E-state index in [1.807, 2.05) is 18.2 Å². The molecule has 0 unspecified atom stereocenters. The van der Waals surface area contributed by atoms with Crippen LogP contribution in [0.1, 0.15) is 5.56 Å². The molecular formula is C16H14FN3O2. The van der Waals surface area contributed by atoms with Gasteiger partial charge in [0.2, 0.25) is 5.95 Å². The normalized spacial score (nSPS) is 13.3. The molecule has 0 spiro atoms. The van der Waals surface area contributed by atoms with Gasteiger partial charge in [0.05, 0.1) is 11.0 Å². The van der Waals surface area contributed by atoms with E-state index < -0.39 is 0 Å². The van der Waals surface area contributed by atoms with E-state index in [1.165, 1.54) is 6.07 Å². The number of hydrogen-bond acceptors (Lipinski definition) is 4. The molecule has 0 amide bonds.